The summed E-state index contributed by atoms with van der Waals surface area (Å²) < 4.78 is 11.2. The molecule has 2 atom stereocenters. The van der Waals surface area contributed by atoms with E-state index < -0.39 is 0 Å². The zero-order valence-corrected chi connectivity index (χ0v) is 20.9. The molecule has 1 aromatic carbocycles. The standard InChI is InChI=1S/C23H38N4O2.HI/c1-3-24-23(25-11-6-13-28-17-20-10-14-29-18-20)26-15-19(2)27-12-9-21-7-4-5-8-22(21)16-27;/h4-5,7-8,19-20H,3,6,9-18H2,1-2H3,(H2,24,25,26);1H. The van der Waals surface area contributed by atoms with Crippen LogP contribution in [0, 0.1) is 5.92 Å². The molecule has 1 fully saturated rings. The number of aliphatic imine (C=N–C) groups is 1. The molecule has 1 aromatic rings. The van der Waals surface area contributed by atoms with E-state index in [1.807, 2.05) is 0 Å². The van der Waals surface area contributed by atoms with E-state index in [9.17, 15) is 0 Å². The van der Waals surface area contributed by atoms with Crippen molar-refractivity contribution in [3.05, 3.63) is 35.4 Å². The molecule has 0 bridgehead atoms. The minimum Gasteiger partial charge on any atom is -0.381 e. The van der Waals surface area contributed by atoms with E-state index in [0.29, 0.717) is 12.0 Å². The van der Waals surface area contributed by atoms with Gasteiger partial charge in [-0.25, -0.2) is 0 Å². The Balaban J connectivity index is 0.00000320. The Labute approximate surface area is 199 Å². The molecule has 30 heavy (non-hydrogen) atoms. The minimum absolute atomic E-state index is 0. The van der Waals surface area contributed by atoms with Gasteiger partial charge >= 0.3 is 0 Å². The zero-order valence-electron chi connectivity index (χ0n) is 18.6. The summed E-state index contributed by atoms with van der Waals surface area (Å²) in [7, 11) is 0. The van der Waals surface area contributed by atoms with Crippen molar-refractivity contribution < 1.29 is 9.47 Å². The number of nitrogens with zero attached hydrogens (tertiary/aromatic N) is 2. The van der Waals surface area contributed by atoms with Crippen LogP contribution in [-0.4, -0.2) is 69.5 Å². The fourth-order valence-corrected chi connectivity index (χ4v) is 3.92. The average Bonchev–Trinajstić information content (AvgIpc) is 3.27. The second kappa shape index (κ2) is 14.2. The van der Waals surface area contributed by atoms with Crippen molar-refractivity contribution in [3.63, 3.8) is 0 Å². The molecular weight excluding hydrogens is 491 g/mol. The van der Waals surface area contributed by atoms with Crippen LogP contribution >= 0.6 is 24.0 Å². The van der Waals surface area contributed by atoms with E-state index in [2.05, 4.69) is 53.6 Å². The molecule has 0 radical (unpaired) electrons. The highest BCUT2D eigenvalue weighted by molar-refractivity contribution is 14.0. The molecule has 3 rings (SSSR count). The van der Waals surface area contributed by atoms with Gasteiger partial charge in [0.1, 0.15) is 0 Å². The molecular formula is C23H39IN4O2. The van der Waals surface area contributed by atoms with E-state index in [0.717, 1.165) is 84.4 Å². The number of ether oxygens (including phenoxy) is 2. The van der Waals surface area contributed by atoms with Crippen molar-refractivity contribution in [3.8, 4) is 0 Å². The van der Waals surface area contributed by atoms with Crippen LogP contribution in [-0.2, 0) is 22.4 Å². The first kappa shape index (κ1) is 25.4. The fourth-order valence-electron chi connectivity index (χ4n) is 3.92. The molecule has 2 aliphatic rings. The SMILES string of the molecule is CCNC(=NCC(C)N1CCc2ccccc2C1)NCCCOCC1CCOC1.I. The Bertz CT molecular complexity index is 637. The summed E-state index contributed by atoms with van der Waals surface area (Å²) in [6.07, 6.45) is 3.25. The second-order valence-electron chi connectivity index (χ2n) is 8.14. The van der Waals surface area contributed by atoms with Gasteiger partial charge in [-0.2, -0.15) is 0 Å². The molecule has 2 unspecified atom stereocenters. The van der Waals surface area contributed by atoms with Crippen molar-refractivity contribution in [1.29, 1.82) is 0 Å². The Hall–Kier alpha value is -0.900. The third-order valence-corrected chi connectivity index (χ3v) is 5.78. The third-order valence-electron chi connectivity index (χ3n) is 5.78. The number of nitrogens with one attached hydrogen (secondary N) is 2. The first-order valence-electron chi connectivity index (χ1n) is 11.2. The van der Waals surface area contributed by atoms with Crippen LogP contribution in [0.1, 0.15) is 37.8 Å². The summed E-state index contributed by atoms with van der Waals surface area (Å²) in [6, 6.07) is 9.23. The van der Waals surface area contributed by atoms with Crippen LogP contribution in [0.15, 0.2) is 29.3 Å². The van der Waals surface area contributed by atoms with Gasteiger partial charge in [0.2, 0.25) is 0 Å². The van der Waals surface area contributed by atoms with Crippen LogP contribution in [0.4, 0.5) is 0 Å². The van der Waals surface area contributed by atoms with Crippen molar-refractivity contribution in [2.24, 2.45) is 10.9 Å². The molecule has 0 saturated carbocycles. The second-order valence-corrected chi connectivity index (χ2v) is 8.14. The molecule has 2 heterocycles. The van der Waals surface area contributed by atoms with Gasteiger partial charge < -0.3 is 20.1 Å². The van der Waals surface area contributed by atoms with E-state index in [1.54, 1.807) is 0 Å². The maximum atomic E-state index is 5.78. The highest BCUT2D eigenvalue weighted by atomic mass is 127. The number of hydrogen-bond donors (Lipinski definition) is 2. The average molecular weight is 530 g/mol. The lowest BCUT2D eigenvalue weighted by Gasteiger charge is -2.33. The molecule has 1 saturated heterocycles. The lowest BCUT2D eigenvalue weighted by Crippen LogP contribution is -2.42. The van der Waals surface area contributed by atoms with Crippen LogP contribution < -0.4 is 10.6 Å². The molecule has 170 valence electrons. The van der Waals surface area contributed by atoms with Gasteiger partial charge in [-0.1, -0.05) is 24.3 Å². The predicted octanol–water partition coefficient (Wildman–Crippen LogP) is 3.05. The highest BCUT2D eigenvalue weighted by Crippen LogP contribution is 2.20. The summed E-state index contributed by atoms with van der Waals surface area (Å²) in [6.45, 7) is 12.4. The molecule has 0 amide bonds. The largest absolute Gasteiger partial charge is 0.381 e. The quantitative estimate of drug-likeness (QED) is 0.211. The molecule has 0 aliphatic carbocycles. The van der Waals surface area contributed by atoms with E-state index in [4.69, 9.17) is 14.5 Å². The first-order chi connectivity index (χ1) is 14.3. The summed E-state index contributed by atoms with van der Waals surface area (Å²) in [4.78, 5) is 7.36. The van der Waals surface area contributed by atoms with Gasteiger partial charge in [0.15, 0.2) is 5.96 Å². The van der Waals surface area contributed by atoms with Crippen molar-refractivity contribution in [2.45, 2.75) is 45.7 Å². The topological polar surface area (TPSA) is 58.1 Å². The van der Waals surface area contributed by atoms with Crippen LogP contribution in [0.3, 0.4) is 0 Å². The van der Waals surface area contributed by atoms with Crippen molar-refractivity contribution in [2.75, 3.05) is 52.6 Å². The van der Waals surface area contributed by atoms with Gasteiger partial charge in [0.05, 0.1) is 19.8 Å². The summed E-state index contributed by atoms with van der Waals surface area (Å²) in [5.74, 6) is 1.49. The maximum absolute atomic E-state index is 5.78. The molecule has 0 aromatic heterocycles. The lowest BCUT2D eigenvalue weighted by molar-refractivity contribution is 0.0888. The number of hydrogen-bond acceptors (Lipinski definition) is 4. The van der Waals surface area contributed by atoms with Gasteiger partial charge in [-0.15, -0.1) is 24.0 Å². The van der Waals surface area contributed by atoms with Gasteiger partial charge in [-0.3, -0.25) is 9.89 Å². The monoisotopic (exact) mass is 530 g/mol. The Morgan fingerprint density at radius 2 is 2.13 bits per heavy atom. The Kier molecular flexibility index (Phi) is 12.0. The number of fused-ring (bicyclic) bond motifs is 1. The maximum Gasteiger partial charge on any atom is 0.191 e. The van der Waals surface area contributed by atoms with Crippen LogP contribution in [0.25, 0.3) is 0 Å². The smallest absolute Gasteiger partial charge is 0.191 e. The van der Waals surface area contributed by atoms with E-state index >= 15 is 0 Å². The van der Waals surface area contributed by atoms with Crippen LogP contribution in [0.2, 0.25) is 0 Å². The normalized spacial score (nSPS) is 20.3. The van der Waals surface area contributed by atoms with Crippen molar-refractivity contribution >= 4 is 29.9 Å². The summed E-state index contributed by atoms with van der Waals surface area (Å²) in [5, 5.41) is 6.79. The third kappa shape index (κ3) is 8.32. The van der Waals surface area contributed by atoms with Crippen LogP contribution in [0.5, 0.6) is 0 Å². The fraction of sp³-hybridized carbons (Fsp3) is 0.696. The number of guanidine groups is 1. The van der Waals surface area contributed by atoms with E-state index in [1.165, 1.54) is 11.1 Å². The number of halogens is 1. The molecule has 2 N–H and O–H groups in total. The Morgan fingerprint density at radius 3 is 2.90 bits per heavy atom. The molecule has 7 heteroatoms. The lowest BCUT2D eigenvalue weighted by atomic mass is 9.99. The number of rotatable bonds is 10. The summed E-state index contributed by atoms with van der Waals surface area (Å²) in [5.41, 5.74) is 2.96. The highest BCUT2D eigenvalue weighted by Gasteiger charge is 2.20. The van der Waals surface area contributed by atoms with Gasteiger partial charge in [-0.05, 0) is 44.2 Å². The summed E-state index contributed by atoms with van der Waals surface area (Å²) >= 11 is 0. The molecule has 0 spiro atoms. The Morgan fingerprint density at radius 1 is 1.30 bits per heavy atom. The predicted molar refractivity (Wildman–Crippen MR) is 134 cm³/mol. The first-order valence-corrected chi connectivity index (χ1v) is 11.2. The van der Waals surface area contributed by atoms with Gasteiger partial charge in [0, 0.05) is 51.4 Å². The van der Waals surface area contributed by atoms with E-state index in [-0.39, 0.29) is 24.0 Å². The molecule has 2 aliphatic heterocycles. The minimum atomic E-state index is 0. The van der Waals surface area contributed by atoms with Crippen molar-refractivity contribution in [1.82, 2.24) is 15.5 Å². The van der Waals surface area contributed by atoms with Gasteiger partial charge in [0.25, 0.3) is 0 Å². The number of benzene rings is 1. The molecule has 6 nitrogen and oxygen atoms in total. The zero-order chi connectivity index (χ0) is 20.3.